The number of hydrogen-bond donors (Lipinski definition) is 1. The lowest BCUT2D eigenvalue weighted by atomic mass is 10.3. The van der Waals surface area contributed by atoms with E-state index in [9.17, 15) is 4.79 Å². The first kappa shape index (κ1) is 9.43. The Labute approximate surface area is 86.9 Å². The number of hydrogen-bond acceptors (Lipinski definition) is 3. The molecule has 1 fully saturated rings. The van der Waals surface area contributed by atoms with Crippen LogP contribution in [0.15, 0.2) is 18.3 Å². The van der Waals surface area contributed by atoms with Crippen molar-refractivity contribution in [3.05, 3.63) is 23.5 Å². The largest absolute Gasteiger partial charge is 0.309 e. The summed E-state index contributed by atoms with van der Waals surface area (Å²) in [4.78, 5) is 17.1. The number of carbonyl (C=O) groups excluding carboxylic acids is 1. The number of piperazine rings is 1. The van der Waals surface area contributed by atoms with E-state index in [4.69, 9.17) is 11.6 Å². The van der Waals surface area contributed by atoms with Crippen LogP contribution in [0, 0.1) is 0 Å². The quantitative estimate of drug-likeness (QED) is 0.695. The second kappa shape index (κ2) is 3.94. The second-order valence-electron chi connectivity index (χ2n) is 3.06. The van der Waals surface area contributed by atoms with Crippen molar-refractivity contribution in [2.45, 2.75) is 0 Å². The van der Waals surface area contributed by atoms with E-state index >= 15 is 0 Å². The number of nitrogens with one attached hydrogen (secondary N) is 1. The number of pyridine rings is 1. The van der Waals surface area contributed by atoms with Gasteiger partial charge in [-0.2, -0.15) is 0 Å². The zero-order valence-corrected chi connectivity index (χ0v) is 8.29. The number of rotatable bonds is 1. The summed E-state index contributed by atoms with van der Waals surface area (Å²) in [5.41, 5.74) is 0.806. The van der Waals surface area contributed by atoms with Crippen LogP contribution < -0.4 is 10.2 Å². The standard InChI is InChI=1S/C9H10ClN3O/c10-8-2-1-7(5-12-8)13-4-3-11-6-9(13)14/h1-2,5,11H,3-4,6H2. The predicted octanol–water partition coefficient (Wildman–Crippen LogP) is 0.671. The van der Waals surface area contributed by atoms with E-state index in [0.29, 0.717) is 18.2 Å². The molecule has 0 saturated carbocycles. The van der Waals surface area contributed by atoms with E-state index in [1.54, 1.807) is 23.2 Å². The van der Waals surface area contributed by atoms with Crippen LogP contribution in [0.4, 0.5) is 5.69 Å². The maximum Gasteiger partial charge on any atom is 0.241 e. The van der Waals surface area contributed by atoms with Crippen molar-refractivity contribution in [3.63, 3.8) is 0 Å². The van der Waals surface area contributed by atoms with Gasteiger partial charge in [0.15, 0.2) is 0 Å². The van der Waals surface area contributed by atoms with E-state index in [0.717, 1.165) is 12.2 Å². The third-order valence-electron chi connectivity index (χ3n) is 2.11. The van der Waals surface area contributed by atoms with E-state index in [1.165, 1.54) is 0 Å². The molecule has 4 nitrogen and oxygen atoms in total. The third kappa shape index (κ3) is 1.86. The van der Waals surface area contributed by atoms with E-state index in [1.807, 2.05) is 0 Å². The lowest BCUT2D eigenvalue weighted by molar-refractivity contribution is -0.118. The molecule has 0 aliphatic carbocycles. The second-order valence-corrected chi connectivity index (χ2v) is 3.45. The highest BCUT2D eigenvalue weighted by Gasteiger charge is 2.18. The van der Waals surface area contributed by atoms with Crippen LogP contribution in [0.25, 0.3) is 0 Å². The van der Waals surface area contributed by atoms with Gasteiger partial charge >= 0.3 is 0 Å². The molecule has 2 rings (SSSR count). The Hall–Kier alpha value is -1.13. The average molecular weight is 212 g/mol. The topological polar surface area (TPSA) is 45.2 Å². The third-order valence-corrected chi connectivity index (χ3v) is 2.34. The van der Waals surface area contributed by atoms with Crippen LogP contribution in [0.1, 0.15) is 0 Å². The van der Waals surface area contributed by atoms with Gasteiger partial charge in [0.05, 0.1) is 18.4 Å². The van der Waals surface area contributed by atoms with Gasteiger partial charge in [-0.05, 0) is 12.1 Å². The Morgan fingerprint density at radius 1 is 1.50 bits per heavy atom. The van der Waals surface area contributed by atoms with Crippen molar-refractivity contribution in [1.29, 1.82) is 0 Å². The van der Waals surface area contributed by atoms with Gasteiger partial charge < -0.3 is 10.2 Å². The molecule has 0 aromatic carbocycles. The van der Waals surface area contributed by atoms with E-state index in [-0.39, 0.29) is 5.91 Å². The summed E-state index contributed by atoms with van der Waals surface area (Å²) in [7, 11) is 0. The maximum absolute atomic E-state index is 11.5. The average Bonchev–Trinajstić information content (AvgIpc) is 2.20. The summed E-state index contributed by atoms with van der Waals surface area (Å²) < 4.78 is 0. The number of aromatic nitrogens is 1. The summed E-state index contributed by atoms with van der Waals surface area (Å²) in [6.45, 7) is 1.89. The van der Waals surface area contributed by atoms with Crippen LogP contribution in [-0.2, 0) is 4.79 Å². The van der Waals surface area contributed by atoms with Crippen molar-refractivity contribution in [2.75, 3.05) is 24.5 Å². The molecule has 5 heteroatoms. The van der Waals surface area contributed by atoms with Gasteiger partial charge in [-0.15, -0.1) is 0 Å². The van der Waals surface area contributed by atoms with Gasteiger partial charge in [-0.3, -0.25) is 4.79 Å². The highest BCUT2D eigenvalue weighted by molar-refractivity contribution is 6.29. The summed E-state index contributed by atoms with van der Waals surface area (Å²) in [5, 5.41) is 3.45. The lowest BCUT2D eigenvalue weighted by Crippen LogP contribution is -2.48. The summed E-state index contributed by atoms with van der Waals surface area (Å²) in [6.07, 6.45) is 1.62. The molecule has 1 aliphatic rings. The van der Waals surface area contributed by atoms with Gasteiger partial charge in [0.25, 0.3) is 0 Å². The zero-order valence-electron chi connectivity index (χ0n) is 7.53. The Balaban J connectivity index is 2.20. The number of amides is 1. The molecule has 1 aromatic heterocycles. The van der Waals surface area contributed by atoms with E-state index < -0.39 is 0 Å². The molecule has 1 aliphatic heterocycles. The minimum Gasteiger partial charge on any atom is -0.309 e. The van der Waals surface area contributed by atoms with Crippen molar-refractivity contribution < 1.29 is 4.79 Å². The van der Waals surface area contributed by atoms with Crippen molar-refractivity contribution in [2.24, 2.45) is 0 Å². The summed E-state index contributed by atoms with van der Waals surface area (Å²) in [6, 6.07) is 3.49. The van der Waals surface area contributed by atoms with E-state index in [2.05, 4.69) is 10.3 Å². The predicted molar refractivity (Wildman–Crippen MR) is 54.5 cm³/mol. The molecule has 0 bridgehead atoms. The van der Waals surface area contributed by atoms with Crippen LogP contribution in [0.2, 0.25) is 5.15 Å². The Bertz CT molecular complexity index is 338. The molecule has 1 N–H and O–H groups in total. The Morgan fingerprint density at radius 3 is 3.00 bits per heavy atom. The van der Waals surface area contributed by atoms with Crippen molar-refractivity contribution in [3.8, 4) is 0 Å². The summed E-state index contributed by atoms with van der Waals surface area (Å²) >= 11 is 5.66. The molecule has 1 saturated heterocycles. The monoisotopic (exact) mass is 211 g/mol. The van der Waals surface area contributed by atoms with Gasteiger partial charge in [-0.1, -0.05) is 11.6 Å². The highest BCUT2D eigenvalue weighted by Crippen LogP contribution is 2.15. The molecule has 2 heterocycles. The van der Waals surface area contributed by atoms with Crippen molar-refractivity contribution in [1.82, 2.24) is 10.3 Å². The minimum atomic E-state index is 0.0698. The van der Waals surface area contributed by atoms with Gasteiger partial charge in [0.2, 0.25) is 5.91 Å². The normalized spacial score (nSPS) is 17.2. The smallest absolute Gasteiger partial charge is 0.241 e. The number of nitrogens with zero attached hydrogens (tertiary/aromatic N) is 2. The number of halogens is 1. The fraction of sp³-hybridized carbons (Fsp3) is 0.333. The first-order valence-electron chi connectivity index (χ1n) is 4.40. The minimum absolute atomic E-state index is 0.0698. The summed E-state index contributed by atoms with van der Waals surface area (Å²) in [5.74, 6) is 0.0698. The molecular weight excluding hydrogens is 202 g/mol. The van der Waals surface area contributed by atoms with Gasteiger partial charge in [-0.25, -0.2) is 4.98 Å². The van der Waals surface area contributed by atoms with Crippen LogP contribution in [0.5, 0.6) is 0 Å². The molecule has 0 unspecified atom stereocenters. The lowest BCUT2D eigenvalue weighted by Gasteiger charge is -2.26. The van der Waals surface area contributed by atoms with Gasteiger partial charge in [0, 0.05) is 13.1 Å². The molecule has 0 atom stereocenters. The fourth-order valence-electron chi connectivity index (χ4n) is 1.41. The number of anilines is 1. The first-order valence-corrected chi connectivity index (χ1v) is 4.78. The van der Waals surface area contributed by atoms with Crippen LogP contribution >= 0.6 is 11.6 Å². The fourth-order valence-corrected chi connectivity index (χ4v) is 1.52. The Kier molecular flexibility index (Phi) is 2.65. The Morgan fingerprint density at radius 2 is 2.36 bits per heavy atom. The molecule has 0 spiro atoms. The van der Waals surface area contributed by atoms with Crippen molar-refractivity contribution >= 4 is 23.2 Å². The first-order chi connectivity index (χ1) is 6.77. The highest BCUT2D eigenvalue weighted by atomic mass is 35.5. The molecule has 0 radical (unpaired) electrons. The molecule has 14 heavy (non-hydrogen) atoms. The number of carbonyl (C=O) groups is 1. The molecule has 74 valence electrons. The zero-order chi connectivity index (χ0) is 9.97. The molecule has 1 amide bonds. The van der Waals surface area contributed by atoms with Gasteiger partial charge in [0.1, 0.15) is 5.15 Å². The molecule has 1 aromatic rings. The van der Waals surface area contributed by atoms with Crippen LogP contribution in [-0.4, -0.2) is 30.5 Å². The SMILES string of the molecule is O=C1CNCCN1c1ccc(Cl)nc1. The van der Waals surface area contributed by atoms with Crippen LogP contribution in [0.3, 0.4) is 0 Å². The molecular formula is C9H10ClN3O. The maximum atomic E-state index is 11.5.